The number of pyridine rings is 1. The third-order valence-electron chi connectivity index (χ3n) is 6.05. The lowest BCUT2D eigenvalue weighted by atomic mass is 9.88. The molecule has 2 heterocycles. The van der Waals surface area contributed by atoms with E-state index >= 15 is 0 Å². The zero-order valence-electron chi connectivity index (χ0n) is 18.5. The van der Waals surface area contributed by atoms with Gasteiger partial charge in [0.2, 0.25) is 11.8 Å². The number of carbonyl (C=O) groups excluding carboxylic acids is 1. The number of hydrogen-bond acceptors (Lipinski definition) is 4. The Balaban J connectivity index is 1.47. The van der Waals surface area contributed by atoms with Gasteiger partial charge >= 0.3 is 0 Å². The van der Waals surface area contributed by atoms with Gasteiger partial charge in [0.15, 0.2) is 5.96 Å². The second-order valence-electron chi connectivity index (χ2n) is 8.34. The zero-order chi connectivity index (χ0) is 21.2. The third-order valence-corrected chi connectivity index (χ3v) is 6.05. The van der Waals surface area contributed by atoms with Crippen molar-refractivity contribution in [1.29, 1.82) is 0 Å². The molecule has 1 saturated heterocycles. The number of carbonyl (C=O) groups is 1. The van der Waals surface area contributed by atoms with Crippen molar-refractivity contribution in [2.24, 2.45) is 10.9 Å². The van der Waals surface area contributed by atoms with Crippen molar-refractivity contribution < 1.29 is 9.53 Å². The van der Waals surface area contributed by atoms with Gasteiger partial charge in [0.1, 0.15) is 0 Å². The van der Waals surface area contributed by atoms with Crippen LogP contribution in [-0.2, 0) is 11.3 Å². The van der Waals surface area contributed by atoms with Crippen LogP contribution in [0.5, 0.6) is 5.88 Å². The number of guanidine groups is 1. The van der Waals surface area contributed by atoms with Crippen molar-refractivity contribution in [1.82, 2.24) is 20.5 Å². The summed E-state index contributed by atoms with van der Waals surface area (Å²) >= 11 is 0. The minimum atomic E-state index is 0.234. The molecule has 1 aliphatic heterocycles. The Labute approximate surface area is 180 Å². The van der Waals surface area contributed by atoms with Crippen LogP contribution in [0.15, 0.2) is 23.3 Å². The molecule has 0 aromatic carbocycles. The molecule has 1 unspecified atom stereocenters. The van der Waals surface area contributed by atoms with Crippen LogP contribution in [0.3, 0.4) is 0 Å². The van der Waals surface area contributed by atoms with Crippen molar-refractivity contribution >= 4 is 11.9 Å². The zero-order valence-corrected chi connectivity index (χ0v) is 18.5. The highest BCUT2D eigenvalue weighted by molar-refractivity contribution is 5.81. The third kappa shape index (κ3) is 6.34. The highest BCUT2D eigenvalue weighted by Crippen LogP contribution is 2.26. The fourth-order valence-corrected chi connectivity index (χ4v) is 4.25. The first-order valence-corrected chi connectivity index (χ1v) is 11.5. The number of hydrogen-bond donors (Lipinski definition) is 2. The summed E-state index contributed by atoms with van der Waals surface area (Å²) in [5.74, 6) is 2.02. The number of ether oxygens (including phenoxy) is 1. The lowest BCUT2D eigenvalue weighted by Gasteiger charge is -2.26. The van der Waals surface area contributed by atoms with Crippen LogP contribution in [0.25, 0.3) is 0 Å². The molecule has 1 amide bonds. The molecule has 1 atom stereocenters. The molecule has 0 spiro atoms. The Morgan fingerprint density at radius 1 is 1.30 bits per heavy atom. The first-order valence-electron chi connectivity index (χ1n) is 11.5. The quantitative estimate of drug-likeness (QED) is 0.387. The number of nitrogens with one attached hydrogen (secondary N) is 2. The topological polar surface area (TPSA) is 78.8 Å². The number of likely N-dealkylation sites (tertiary alicyclic amines) is 1. The molecule has 2 fully saturated rings. The van der Waals surface area contributed by atoms with Gasteiger partial charge in [0.25, 0.3) is 0 Å². The number of aliphatic imine (C=N–C) groups is 1. The molecule has 1 saturated carbocycles. The predicted octanol–water partition coefficient (Wildman–Crippen LogP) is 3.11. The van der Waals surface area contributed by atoms with Gasteiger partial charge in [-0.3, -0.25) is 9.79 Å². The van der Waals surface area contributed by atoms with Crippen molar-refractivity contribution in [2.75, 3.05) is 26.7 Å². The van der Waals surface area contributed by atoms with E-state index in [1.807, 2.05) is 17.0 Å². The van der Waals surface area contributed by atoms with Crippen LogP contribution in [-0.4, -0.2) is 54.5 Å². The largest absolute Gasteiger partial charge is 0.477 e. The highest BCUT2D eigenvalue weighted by atomic mass is 16.5. The molecular formula is C23H37N5O2. The first-order chi connectivity index (χ1) is 14.7. The number of unbranched alkanes of at least 4 members (excludes halogenated alkanes) is 1. The predicted molar refractivity (Wildman–Crippen MR) is 120 cm³/mol. The van der Waals surface area contributed by atoms with Crippen LogP contribution < -0.4 is 15.4 Å². The summed E-state index contributed by atoms with van der Waals surface area (Å²) in [6.45, 7) is 5.01. The Bertz CT molecular complexity index is 703. The van der Waals surface area contributed by atoms with E-state index in [-0.39, 0.29) is 12.0 Å². The van der Waals surface area contributed by atoms with E-state index in [1.54, 1.807) is 13.2 Å². The SMILES string of the molecule is CCCCOc1ncccc1CNC(=NC)NC1CCN(C(=O)C2CCCCC2)C1. The van der Waals surface area contributed by atoms with E-state index in [2.05, 4.69) is 27.5 Å². The lowest BCUT2D eigenvalue weighted by molar-refractivity contribution is -0.135. The van der Waals surface area contributed by atoms with Gasteiger partial charge in [-0.15, -0.1) is 0 Å². The van der Waals surface area contributed by atoms with E-state index in [0.717, 1.165) is 56.7 Å². The van der Waals surface area contributed by atoms with Crippen LogP contribution in [0.4, 0.5) is 0 Å². The van der Waals surface area contributed by atoms with Crippen molar-refractivity contribution in [2.45, 2.75) is 70.9 Å². The highest BCUT2D eigenvalue weighted by Gasteiger charge is 2.31. The molecule has 30 heavy (non-hydrogen) atoms. The van der Waals surface area contributed by atoms with E-state index in [1.165, 1.54) is 19.3 Å². The molecule has 0 radical (unpaired) electrons. The number of rotatable bonds is 8. The van der Waals surface area contributed by atoms with Crippen molar-refractivity contribution in [3.05, 3.63) is 23.9 Å². The molecule has 0 bridgehead atoms. The number of amides is 1. The molecule has 2 aliphatic rings. The van der Waals surface area contributed by atoms with Gasteiger partial charge in [-0.1, -0.05) is 38.7 Å². The lowest BCUT2D eigenvalue weighted by Crippen LogP contribution is -2.45. The smallest absolute Gasteiger partial charge is 0.225 e. The molecule has 2 N–H and O–H groups in total. The maximum absolute atomic E-state index is 12.8. The molecule has 1 aliphatic carbocycles. The summed E-state index contributed by atoms with van der Waals surface area (Å²) in [5, 5.41) is 6.85. The fourth-order valence-electron chi connectivity index (χ4n) is 4.25. The summed E-state index contributed by atoms with van der Waals surface area (Å²) in [5.41, 5.74) is 1.01. The molecule has 3 rings (SSSR count). The Kier molecular flexibility index (Phi) is 8.78. The molecule has 1 aromatic heterocycles. The van der Waals surface area contributed by atoms with Gasteiger partial charge in [0, 0.05) is 50.4 Å². The van der Waals surface area contributed by atoms with Crippen LogP contribution >= 0.6 is 0 Å². The van der Waals surface area contributed by atoms with Gasteiger partial charge in [0.05, 0.1) is 6.61 Å². The van der Waals surface area contributed by atoms with Gasteiger partial charge in [-0.25, -0.2) is 4.98 Å². The number of nitrogens with zero attached hydrogens (tertiary/aromatic N) is 3. The maximum Gasteiger partial charge on any atom is 0.225 e. The second-order valence-corrected chi connectivity index (χ2v) is 8.34. The van der Waals surface area contributed by atoms with E-state index in [9.17, 15) is 4.79 Å². The van der Waals surface area contributed by atoms with Crippen molar-refractivity contribution in [3.63, 3.8) is 0 Å². The van der Waals surface area contributed by atoms with E-state index in [4.69, 9.17) is 4.74 Å². The minimum absolute atomic E-state index is 0.234. The van der Waals surface area contributed by atoms with Crippen molar-refractivity contribution in [3.8, 4) is 5.88 Å². The molecule has 7 heteroatoms. The standard InChI is InChI=1S/C23H37N5O2/c1-3-4-15-30-21-19(11-8-13-25-21)16-26-23(24-2)27-20-12-14-28(17-20)22(29)18-9-6-5-7-10-18/h8,11,13,18,20H,3-7,9-10,12,14-17H2,1-2H3,(H2,24,26,27). The van der Waals surface area contributed by atoms with Crippen LogP contribution in [0.2, 0.25) is 0 Å². The van der Waals surface area contributed by atoms with Crippen LogP contribution in [0.1, 0.15) is 63.9 Å². The monoisotopic (exact) mass is 415 g/mol. The molecule has 1 aromatic rings. The summed E-state index contributed by atoms with van der Waals surface area (Å²) in [4.78, 5) is 23.6. The summed E-state index contributed by atoms with van der Waals surface area (Å²) < 4.78 is 5.82. The molecular weight excluding hydrogens is 378 g/mol. The van der Waals surface area contributed by atoms with Gasteiger partial charge in [-0.2, -0.15) is 0 Å². The van der Waals surface area contributed by atoms with Gasteiger partial charge in [-0.05, 0) is 31.7 Å². The fraction of sp³-hybridized carbons (Fsp3) is 0.696. The second kappa shape index (κ2) is 11.8. The van der Waals surface area contributed by atoms with E-state index in [0.29, 0.717) is 24.9 Å². The average Bonchev–Trinajstić information content (AvgIpc) is 3.26. The summed E-state index contributed by atoms with van der Waals surface area (Å²) in [7, 11) is 1.77. The molecule has 166 valence electrons. The summed E-state index contributed by atoms with van der Waals surface area (Å²) in [6.07, 6.45) is 10.6. The average molecular weight is 416 g/mol. The number of aromatic nitrogens is 1. The van der Waals surface area contributed by atoms with Crippen LogP contribution in [0, 0.1) is 5.92 Å². The molecule has 7 nitrogen and oxygen atoms in total. The van der Waals surface area contributed by atoms with E-state index < -0.39 is 0 Å². The van der Waals surface area contributed by atoms with Gasteiger partial charge < -0.3 is 20.3 Å². The Morgan fingerprint density at radius 3 is 2.90 bits per heavy atom. The Hall–Kier alpha value is -2.31. The normalized spacial score (nSPS) is 20.3. The first kappa shape index (κ1) is 22.4. The Morgan fingerprint density at radius 2 is 2.13 bits per heavy atom. The minimum Gasteiger partial charge on any atom is -0.477 e. The summed E-state index contributed by atoms with van der Waals surface area (Å²) in [6, 6.07) is 4.18. The maximum atomic E-state index is 12.8.